The lowest BCUT2D eigenvalue weighted by Gasteiger charge is -2.09. The number of hydrogen-bond donors (Lipinski definition) is 3. The monoisotopic (exact) mass is 178 g/mol. The predicted octanol–water partition coefficient (Wildman–Crippen LogP) is 1.01. The third kappa shape index (κ3) is 1.75. The first-order valence-corrected chi connectivity index (χ1v) is 4.45. The molecule has 0 unspecified atom stereocenters. The van der Waals surface area contributed by atoms with Crippen molar-refractivity contribution in [2.24, 2.45) is 5.73 Å². The van der Waals surface area contributed by atoms with Crippen LogP contribution in [0.25, 0.3) is 0 Å². The Bertz CT molecular complexity index is 332. The third-order valence-corrected chi connectivity index (χ3v) is 2.54. The number of phenols is 1. The number of nitrogen functional groups attached to an aromatic ring is 1. The highest BCUT2D eigenvalue weighted by Gasteiger charge is 2.37. The number of rotatable bonds is 2. The van der Waals surface area contributed by atoms with Gasteiger partial charge in [0.25, 0.3) is 0 Å². The molecule has 5 N–H and O–H groups in total. The molecule has 0 radical (unpaired) electrons. The molecule has 13 heavy (non-hydrogen) atoms. The molecular formula is C10H14N2O. The average Bonchev–Trinajstić information content (AvgIpc) is 2.76. The highest BCUT2D eigenvalue weighted by Crippen LogP contribution is 2.36. The van der Waals surface area contributed by atoms with Gasteiger partial charge in [0, 0.05) is 5.54 Å². The predicted molar refractivity (Wildman–Crippen MR) is 52.4 cm³/mol. The van der Waals surface area contributed by atoms with E-state index in [0.717, 1.165) is 24.8 Å². The Kier molecular flexibility index (Phi) is 1.70. The maximum absolute atomic E-state index is 9.20. The summed E-state index contributed by atoms with van der Waals surface area (Å²) in [6, 6.07) is 5.29. The number of hydrogen-bond acceptors (Lipinski definition) is 3. The normalized spacial score (nSPS) is 18.5. The molecule has 0 aromatic heterocycles. The molecule has 2 rings (SSSR count). The number of nitrogens with two attached hydrogens (primary N) is 2. The molecule has 1 aliphatic carbocycles. The Morgan fingerprint density at radius 2 is 2.08 bits per heavy atom. The van der Waals surface area contributed by atoms with E-state index in [1.54, 1.807) is 12.1 Å². The highest BCUT2D eigenvalue weighted by atomic mass is 16.3. The van der Waals surface area contributed by atoms with Gasteiger partial charge in [-0.2, -0.15) is 0 Å². The maximum Gasteiger partial charge on any atom is 0.138 e. The molecule has 0 amide bonds. The van der Waals surface area contributed by atoms with Gasteiger partial charge in [-0.15, -0.1) is 0 Å². The van der Waals surface area contributed by atoms with Gasteiger partial charge in [-0.25, -0.2) is 0 Å². The molecule has 1 aromatic rings. The second-order valence-electron chi connectivity index (χ2n) is 3.93. The number of anilines is 1. The minimum atomic E-state index is 0.00339. The summed E-state index contributed by atoms with van der Waals surface area (Å²) < 4.78 is 0. The van der Waals surface area contributed by atoms with Crippen LogP contribution in [0.5, 0.6) is 5.75 Å². The minimum Gasteiger partial charge on any atom is -0.506 e. The van der Waals surface area contributed by atoms with Gasteiger partial charge in [0.15, 0.2) is 0 Å². The summed E-state index contributed by atoms with van der Waals surface area (Å²) >= 11 is 0. The van der Waals surface area contributed by atoms with Crippen LogP contribution in [0.4, 0.5) is 5.69 Å². The van der Waals surface area contributed by atoms with Crippen LogP contribution in [-0.4, -0.2) is 10.6 Å². The molecule has 0 aliphatic heterocycles. The van der Waals surface area contributed by atoms with E-state index in [-0.39, 0.29) is 11.3 Å². The lowest BCUT2D eigenvalue weighted by molar-refractivity contribution is 0.477. The van der Waals surface area contributed by atoms with E-state index in [9.17, 15) is 5.11 Å². The van der Waals surface area contributed by atoms with Gasteiger partial charge in [-0.1, -0.05) is 6.07 Å². The fourth-order valence-corrected chi connectivity index (χ4v) is 1.46. The number of benzene rings is 1. The molecular weight excluding hydrogens is 164 g/mol. The summed E-state index contributed by atoms with van der Waals surface area (Å²) in [5.41, 5.74) is 13.1. The van der Waals surface area contributed by atoms with Crippen LogP contribution < -0.4 is 11.5 Å². The number of aromatic hydroxyl groups is 1. The molecule has 1 fully saturated rings. The Morgan fingerprint density at radius 1 is 1.38 bits per heavy atom. The van der Waals surface area contributed by atoms with E-state index in [2.05, 4.69) is 0 Å². The van der Waals surface area contributed by atoms with Crippen molar-refractivity contribution >= 4 is 5.69 Å². The third-order valence-electron chi connectivity index (χ3n) is 2.54. The van der Waals surface area contributed by atoms with E-state index >= 15 is 0 Å². The quantitative estimate of drug-likeness (QED) is 0.467. The summed E-state index contributed by atoms with van der Waals surface area (Å²) in [4.78, 5) is 0. The SMILES string of the molecule is Nc1cc(CC2(N)CC2)ccc1O. The summed E-state index contributed by atoms with van der Waals surface area (Å²) in [6.07, 6.45) is 3.04. The smallest absolute Gasteiger partial charge is 0.138 e. The van der Waals surface area contributed by atoms with Gasteiger partial charge >= 0.3 is 0 Å². The van der Waals surface area contributed by atoms with Crippen LogP contribution in [0.15, 0.2) is 18.2 Å². The molecule has 3 nitrogen and oxygen atoms in total. The largest absolute Gasteiger partial charge is 0.506 e. The lowest BCUT2D eigenvalue weighted by Crippen LogP contribution is -2.24. The molecule has 70 valence electrons. The lowest BCUT2D eigenvalue weighted by atomic mass is 10.0. The molecule has 0 atom stereocenters. The van der Waals surface area contributed by atoms with Gasteiger partial charge in [0.1, 0.15) is 5.75 Å². The molecule has 1 saturated carbocycles. The van der Waals surface area contributed by atoms with Crippen molar-refractivity contribution in [1.82, 2.24) is 0 Å². The first kappa shape index (κ1) is 8.38. The first-order valence-electron chi connectivity index (χ1n) is 4.45. The first-order chi connectivity index (χ1) is 6.09. The zero-order chi connectivity index (χ0) is 9.47. The summed E-state index contributed by atoms with van der Waals surface area (Å²) in [5, 5.41) is 9.20. The van der Waals surface area contributed by atoms with E-state index in [1.807, 2.05) is 6.07 Å². The Balaban J connectivity index is 2.17. The molecule has 1 aliphatic rings. The van der Waals surface area contributed by atoms with Crippen molar-refractivity contribution in [3.8, 4) is 5.75 Å². The minimum absolute atomic E-state index is 0.00339. The van der Waals surface area contributed by atoms with Gasteiger partial charge in [-0.3, -0.25) is 0 Å². The maximum atomic E-state index is 9.20. The van der Waals surface area contributed by atoms with Crippen LogP contribution in [-0.2, 0) is 6.42 Å². The molecule has 0 bridgehead atoms. The zero-order valence-electron chi connectivity index (χ0n) is 7.46. The summed E-state index contributed by atoms with van der Waals surface area (Å²) in [7, 11) is 0. The van der Waals surface area contributed by atoms with Gasteiger partial charge in [0.2, 0.25) is 0 Å². The summed E-state index contributed by atoms with van der Waals surface area (Å²) in [6.45, 7) is 0. The second-order valence-corrected chi connectivity index (χ2v) is 3.93. The average molecular weight is 178 g/mol. The zero-order valence-corrected chi connectivity index (χ0v) is 7.46. The van der Waals surface area contributed by atoms with E-state index < -0.39 is 0 Å². The number of phenolic OH excluding ortho intramolecular Hbond substituents is 1. The van der Waals surface area contributed by atoms with Crippen LogP contribution in [0.3, 0.4) is 0 Å². The van der Waals surface area contributed by atoms with Gasteiger partial charge < -0.3 is 16.6 Å². The molecule has 0 saturated heterocycles. The van der Waals surface area contributed by atoms with Crippen molar-refractivity contribution in [2.45, 2.75) is 24.8 Å². The topological polar surface area (TPSA) is 72.3 Å². The molecule has 1 aromatic carbocycles. The van der Waals surface area contributed by atoms with Gasteiger partial charge in [-0.05, 0) is 37.0 Å². The van der Waals surface area contributed by atoms with E-state index in [4.69, 9.17) is 11.5 Å². The Labute approximate surface area is 77.4 Å². The summed E-state index contributed by atoms with van der Waals surface area (Å²) in [5.74, 6) is 0.144. The van der Waals surface area contributed by atoms with Crippen LogP contribution in [0, 0.1) is 0 Å². The van der Waals surface area contributed by atoms with Crippen molar-refractivity contribution in [2.75, 3.05) is 5.73 Å². The van der Waals surface area contributed by atoms with Crippen molar-refractivity contribution in [3.05, 3.63) is 23.8 Å². The molecule has 0 spiro atoms. The molecule has 0 heterocycles. The fourth-order valence-electron chi connectivity index (χ4n) is 1.46. The Morgan fingerprint density at radius 3 is 2.62 bits per heavy atom. The Hall–Kier alpha value is -1.22. The van der Waals surface area contributed by atoms with Crippen molar-refractivity contribution < 1.29 is 5.11 Å². The van der Waals surface area contributed by atoms with Crippen LogP contribution in [0.1, 0.15) is 18.4 Å². The standard InChI is InChI=1S/C10H14N2O/c11-8-5-7(1-2-9(8)13)6-10(12)3-4-10/h1-2,5,13H,3-4,6,11-12H2. The van der Waals surface area contributed by atoms with E-state index in [0.29, 0.717) is 5.69 Å². The van der Waals surface area contributed by atoms with Crippen molar-refractivity contribution in [3.63, 3.8) is 0 Å². The second kappa shape index (κ2) is 2.64. The van der Waals surface area contributed by atoms with Crippen LogP contribution in [0.2, 0.25) is 0 Å². The van der Waals surface area contributed by atoms with Crippen molar-refractivity contribution in [1.29, 1.82) is 0 Å². The highest BCUT2D eigenvalue weighted by molar-refractivity contribution is 5.53. The fraction of sp³-hybridized carbons (Fsp3) is 0.400. The molecule has 3 heteroatoms. The van der Waals surface area contributed by atoms with E-state index in [1.165, 1.54) is 0 Å². The van der Waals surface area contributed by atoms with Gasteiger partial charge in [0.05, 0.1) is 5.69 Å². The van der Waals surface area contributed by atoms with Crippen LogP contribution >= 0.6 is 0 Å².